The summed E-state index contributed by atoms with van der Waals surface area (Å²) < 4.78 is 5.66. The monoisotopic (exact) mass is 317 g/mol. The SMILES string of the molecule is Cc1c(Cl)cccc1NC(=O)COc1ccccc1C(C)C. The second-order valence-corrected chi connectivity index (χ2v) is 5.85. The Bertz CT molecular complexity index is 668. The van der Waals surface area contributed by atoms with E-state index in [9.17, 15) is 4.79 Å². The van der Waals surface area contributed by atoms with Crippen molar-refractivity contribution in [1.82, 2.24) is 0 Å². The Morgan fingerprint density at radius 2 is 1.91 bits per heavy atom. The van der Waals surface area contributed by atoms with E-state index in [1.807, 2.05) is 37.3 Å². The van der Waals surface area contributed by atoms with Crippen LogP contribution < -0.4 is 10.1 Å². The van der Waals surface area contributed by atoms with Gasteiger partial charge in [-0.15, -0.1) is 0 Å². The van der Waals surface area contributed by atoms with Crippen molar-refractivity contribution in [2.75, 3.05) is 11.9 Å². The fraction of sp³-hybridized carbons (Fsp3) is 0.278. The molecule has 0 aliphatic heterocycles. The molecule has 2 aromatic rings. The lowest BCUT2D eigenvalue weighted by molar-refractivity contribution is -0.118. The van der Waals surface area contributed by atoms with Crippen LogP contribution in [-0.4, -0.2) is 12.5 Å². The molecule has 2 rings (SSSR count). The average molecular weight is 318 g/mol. The van der Waals surface area contributed by atoms with E-state index in [4.69, 9.17) is 16.3 Å². The number of halogens is 1. The molecule has 0 saturated carbocycles. The van der Waals surface area contributed by atoms with Gasteiger partial charge >= 0.3 is 0 Å². The quantitative estimate of drug-likeness (QED) is 0.861. The smallest absolute Gasteiger partial charge is 0.262 e. The predicted octanol–water partition coefficient (Wildman–Crippen LogP) is 4.79. The van der Waals surface area contributed by atoms with Crippen LogP contribution in [0.3, 0.4) is 0 Å². The number of rotatable bonds is 5. The first kappa shape index (κ1) is 16.4. The number of hydrogen-bond acceptors (Lipinski definition) is 2. The van der Waals surface area contributed by atoms with Crippen LogP contribution in [0.5, 0.6) is 5.75 Å². The van der Waals surface area contributed by atoms with Gasteiger partial charge in [0.1, 0.15) is 5.75 Å². The van der Waals surface area contributed by atoms with E-state index >= 15 is 0 Å². The van der Waals surface area contributed by atoms with Crippen molar-refractivity contribution in [2.24, 2.45) is 0 Å². The maximum absolute atomic E-state index is 12.1. The minimum Gasteiger partial charge on any atom is -0.483 e. The molecule has 116 valence electrons. The van der Waals surface area contributed by atoms with Crippen molar-refractivity contribution in [2.45, 2.75) is 26.7 Å². The van der Waals surface area contributed by atoms with Crippen LogP contribution in [0.25, 0.3) is 0 Å². The zero-order valence-corrected chi connectivity index (χ0v) is 13.8. The first-order chi connectivity index (χ1) is 10.5. The topological polar surface area (TPSA) is 38.3 Å². The van der Waals surface area contributed by atoms with Crippen molar-refractivity contribution < 1.29 is 9.53 Å². The number of benzene rings is 2. The summed E-state index contributed by atoms with van der Waals surface area (Å²) in [6, 6.07) is 13.2. The summed E-state index contributed by atoms with van der Waals surface area (Å²) in [5.74, 6) is 0.883. The van der Waals surface area contributed by atoms with E-state index < -0.39 is 0 Å². The second kappa shape index (κ2) is 7.32. The predicted molar refractivity (Wildman–Crippen MR) is 90.8 cm³/mol. The molecule has 0 aliphatic carbocycles. The first-order valence-electron chi connectivity index (χ1n) is 7.25. The molecule has 0 saturated heterocycles. The van der Waals surface area contributed by atoms with E-state index in [0.29, 0.717) is 16.6 Å². The van der Waals surface area contributed by atoms with Gasteiger partial charge in [0, 0.05) is 10.7 Å². The summed E-state index contributed by atoms with van der Waals surface area (Å²) in [7, 11) is 0. The van der Waals surface area contributed by atoms with E-state index in [2.05, 4.69) is 19.2 Å². The third kappa shape index (κ3) is 4.01. The van der Waals surface area contributed by atoms with Crippen LogP contribution in [0.4, 0.5) is 5.69 Å². The summed E-state index contributed by atoms with van der Waals surface area (Å²) in [5.41, 5.74) is 2.65. The van der Waals surface area contributed by atoms with Gasteiger partial charge in [-0.1, -0.05) is 49.7 Å². The first-order valence-corrected chi connectivity index (χ1v) is 7.63. The number of nitrogens with one attached hydrogen (secondary N) is 1. The molecular weight excluding hydrogens is 298 g/mol. The molecule has 22 heavy (non-hydrogen) atoms. The molecule has 1 amide bonds. The molecule has 0 atom stereocenters. The van der Waals surface area contributed by atoms with Gasteiger partial charge in [-0.25, -0.2) is 0 Å². The Morgan fingerprint density at radius 3 is 2.64 bits per heavy atom. The van der Waals surface area contributed by atoms with Crippen molar-refractivity contribution in [1.29, 1.82) is 0 Å². The van der Waals surface area contributed by atoms with Gasteiger partial charge < -0.3 is 10.1 Å². The van der Waals surface area contributed by atoms with Crippen molar-refractivity contribution in [3.05, 3.63) is 58.6 Å². The minimum absolute atomic E-state index is 0.0321. The van der Waals surface area contributed by atoms with Crippen LogP contribution >= 0.6 is 11.6 Å². The summed E-state index contributed by atoms with van der Waals surface area (Å²) >= 11 is 6.04. The van der Waals surface area contributed by atoms with Crippen LogP contribution in [0, 0.1) is 6.92 Å². The van der Waals surface area contributed by atoms with Gasteiger partial charge in [-0.3, -0.25) is 4.79 Å². The minimum atomic E-state index is -0.205. The number of ether oxygens (including phenoxy) is 1. The Balaban J connectivity index is 2.00. The highest BCUT2D eigenvalue weighted by Gasteiger charge is 2.10. The summed E-state index contributed by atoms with van der Waals surface area (Å²) in [5, 5.41) is 3.45. The Labute approximate surface area is 136 Å². The molecule has 3 nitrogen and oxygen atoms in total. The highest BCUT2D eigenvalue weighted by molar-refractivity contribution is 6.31. The number of hydrogen-bond donors (Lipinski definition) is 1. The zero-order chi connectivity index (χ0) is 16.1. The van der Waals surface area contributed by atoms with E-state index in [1.54, 1.807) is 12.1 Å². The molecule has 1 N–H and O–H groups in total. The van der Waals surface area contributed by atoms with Gasteiger partial charge in [0.15, 0.2) is 6.61 Å². The Morgan fingerprint density at radius 1 is 1.18 bits per heavy atom. The van der Waals surface area contributed by atoms with Crippen LogP contribution in [-0.2, 0) is 4.79 Å². The molecule has 0 unspecified atom stereocenters. The van der Waals surface area contributed by atoms with Crippen molar-refractivity contribution in [3.8, 4) is 5.75 Å². The fourth-order valence-electron chi connectivity index (χ4n) is 2.16. The third-order valence-corrected chi connectivity index (χ3v) is 3.85. The average Bonchev–Trinajstić information content (AvgIpc) is 2.50. The lowest BCUT2D eigenvalue weighted by Crippen LogP contribution is -2.21. The highest BCUT2D eigenvalue weighted by Crippen LogP contribution is 2.26. The number of carbonyl (C=O) groups excluding carboxylic acids is 1. The standard InChI is InChI=1S/C18H20ClNO2/c1-12(2)14-7-4-5-10-17(14)22-11-18(21)20-16-9-6-8-15(19)13(16)3/h4-10,12H,11H2,1-3H3,(H,20,21). The highest BCUT2D eigenvalue weighted by atomic mass is 35.5. The van der Waals surface area contributed by atoms with E-state index in [-0.39, 0.29) is 12.5 Å². The second-order valence-electron chi connectivity index (χ2n) is 5.44. The van der Waals surface area contributed by atoms with E-state index in [0.717, 1.165) is 16.9 Å². The Kier molecular flexibility index (Phi) is 5.45. The number of para-hydroxylation sites is 1. The Hall–Kier alpha value is -2.00. The molecule has 0 fully saturated rings. The third-order valence-electron chi connectivity index (χ3n) is 3.44. The molecule has 0 aromatic heterocycles. The van der Waals surface area contributed by atoms with Crippen LogP contribution in [0.2, 0.25) is 5.02 Å². The molecule has 0 heterocycles. The van der Waals surface area contributed by atoms with Gasteiger partial charge in [-0.05, 0) is 42.2 Å². The van der Waals surface area contributed by atoms with Gasteiger partial charge in [0.05, 0.1) is 0 Å². The number of amides is 1. The largest absolute Gasteiger partial charge is 0.483 e. The van der Waals surface area contributed by atoms with Crippen LogP contribution in [0.1, 0.15) is 30.9 Å². The van der Waals surface area contributed by atoms with Gasteiger partial charge in [-0.2, -0.15) is 0 Å². The molecule has 0 bridgehead atoms. The number of carbonyl (C=O) groups is 1. The van der Waals surface area contributed by atoms with Crippen LogP contribution in [0.15, 0.2) is 42.5 Å². The molecule has 0 radical (unpaired) electrons. The molecule has 0 spiro atoms. The maximum Gasteiger partial charge on any atom is 0.262 e. The summed E-state index contributed by atoms with van der Waals surface area (Å²) in [6.45, 7) is 6.03. The molecule has 2 aromatic carbocycles. The summed E-state index contributed by atoms with van der Waals surface area (Å²) in [4.78, 5) is 12.1. The summed E-state index contributed by atoms with van der Waals surface area (Å²) in [6.07, 6.45) is 0. The van der Waals surface area contributed by atoms with Crippen molar-refractivity contribution in [3.63, 3.8) is 0 Å². The zero-order valence-electron chi connectivity index (χ0n) is 13.0. The molecule has 0 aliphatic rings. The van der Waals surface area contributed by atoms with Gasteiger partial charge in [0.25, 0.3) is 5.91 Å². The maximum atomic E-state index is 12.1. The lowest BCUT2D eigenvalue weighted by Gasteiger charge is -2.14. The lowest BCUT2D eigenvalue weighted by atomic mass is 10.0. The molecular formula is C18H20ClNO2. The fourth-order valence-corrected chi connectivity index (χ4v) is 2.34. The number of anilines is 1. The molecule has 4 heteroatoms. The van der Waals surface area contributed by atoms with E-state index in [1.165, 1.54) is 0 Å². The van der Waals surface area contributed by atoms with Crippen molar-refractivity contribution >= 4 is 23.2 Å². The van der Waals surface area contributed by atoms with Gasteiger partial charge in [0.2, 0.25) is 0 Å². The normalized spacial score (nSPS) is 10.6.